The van der Waals surface area contributed by atoms with Crippen molar-refractivity contribution in [2.45, 2.75) is 6.92 Å². The molecule has 0 fully saturated rings. The van der Waals surface area contributed by atoms with Gasteiger partial charge in [-0.1, -0.05) is 36.7 Å². The molecule has 0 spiro atoms. The van der Waals surface area contributed by atoms with Crippen molar-refractivity contribution in [3.8, 4) is 0 Å². The van der Waals surface area contributed by atoms with Crippen LogP contribution in [0.3, 0.4) is 0 Å². The van der Waals surface area contributed by atoms with Gasteiger partial charge in [-0.3, -0.25) is 4.79 Å². The Morgan fingerprint density at radius 2 is 2.22 bits per heavy atom. The van der Waals surface area contributed by atoms with E-state index < -0.39 is 0 Å². The van der Waals surface area contributed by atoms with Crippen LogP contribution in [0.25, 0.3) is 10.1 Å². The zero-order valence-electron chi connectivity index (χ0n) is 9.94. The fourth-order valence-electron chi connectivity index (χ4n) is 1.57. The van der Waals surface area contributed by atoms with Gasteiger partial charge in [0.2, 0.25) is 0 Å². The summed E-state index contributed by atoms with van der Waals surface area (Å²) < 4.78 is 1.00. The highest BCUT2D eigenvalue weighted by molar-refractivity contribution is 7.21. The van der Waals surface area contributed by atoms with Crippen LogP contribution in [-0.4, -0.2) is 24.2 Å². The molecule has 96 valence electrons. The molecule has 2 rings (SSSR count). The van der Waals surface area contributed by atoms with Crippen LogP contribution in [0.4, 0.5) is 0 Å². The minimum Gasteiger partial charge on any atom is -0.396 e. The van der Waals surface area contributed by atoms with Crippen molar-refractivity contribution >= 4 is 38.9 Å². The van der Waals surface area contributed by atoms with Gasteiger partial charge in [0.05, 0.1) is 5.02 Å². The van der Waals surface area contributed by atoms with Crippen LogP contribution in [-0.2, 0) is 0 Å². The summed E-state index contributed by atoms with van der Waals surface area (Å²) >= 11 is 7.59. The molecule has 1 unspecified atom stereocenters. The third-order valence-corrected chi connectivity index (χ3v) is 4.34. The topological polar surface area (TPSA) is 49.3 Å². The molecule has 0 aliphatic heterocycles. The lowest BCUT2D eigenvalue weighted by Crippen LogP contribution is -2.29. The van der Waals surface area contributed by atoms with E-state index in [0.29, 0.717) is 16.4 Å². The average Bonchev–Trinajstić information content (AvgIpc) is 2.73. The van der Waals surface area contributed by atoms with E-state index in [4.69, 9.17) is 16.7 Å². The molecule has 0 aliphatic carbocycles. The molecule has 1 aromatic carbocycles. The number of benzene rings is 1. The number of rotatable bonds is 4. The van der Waals surface area contributed by atoms with E-state index in [1.165, 1.54) is 11.3 Å². The second kappa shape index (κ2) is 5.69. The number of carbonyl (C=O) groups excluding carboxylic acids is 1. The predicted octanol–water partition coefficient (Wildman–Crippen LogP) is 2.91. The molecule has 1 atom stereocenters. The summed E-state index contributed by atoms with van der Waals surface area (Å²) in [6.45, 7) is 2.37. The highest BCUT2D eigenvalue weighted by Gasteiger charge is 2.16. The summed E-state index contributed by atoms with van der Waals surface area (Å²) in [5.74, 6) is -0.136. The zero-order valence-corrected chi connectivity index (χ0v) is 11.5. The SMILES string of the molecule is CC(CO)CNC(=O)c1sc2ccccc2c1Cl. The van der Waals surface area contributed by atoms with Crippen LogP contribution in [0.5, 0.6) is 0 Å². The average molecular weight is 284 g/mol. The Labute approximate surface area is 114 Å². The number of halogens is 1. The molecule has 0 saturated carbocycles. The van der Waals surface area contributed by atoms with Crippen molar-refractivity contribution < 1.29 is 9.90 Å². The lowest BCUT2D eigenvalue weighted by Gasteiger charge is -2.08. The number of hydrogen-bond donors (Lipinski definition) is 2. The number of hydrogen-bond acceptors (Lipinski definition) is 3. The van der Waals surface area contributed by atoms with Gasteiger partial charge in [0.1, 0.15) is 4.88 Å². The summed E-state index contributed by atoms with van der Waals surface area (Å²) in [5, 5.41) is 13.1. The first-order chi connectivity index (χ1) is 8.63. The van der Waals surface area contributed by atoms with Gasteiger partial charge in [-0.25, -0.2) is 0 Å². The maximum Gasteiger partial charge on any atom is 0.262 e. The first-order valence-corrected chi connectivity index (χ1v) is 6.89. The van der Waals surface area contributed by atoms with Gasteiger partial charge < -0.3 is 10.4 Å². The molecule has 18 heavy (non-hydrogen) atoms. The standard InChI is InChI=1S/C13H14ClNO2S/c1-8(7-16)6-15-13(17)12-11(14)9-4-2-3-5-10(9)18-12/h2-5,8,16H,6-7H2,1H3,(H,15,17). The van der Waals surface area contributed by atoms with E-state index in [9.17, 15) is 4.79 Å². The van der Waals surface area contributed by atoms with E-state index in [1.807, 2.05) is 31.2 Å². The Bertz CT molecular complexity index is 567. The molecule has 0 aliphatic rings. The summed E-state index contributed by atoms with van der Waals surface area (Å²) in [7, 11) is 0. The second-order valence-electron chi connectivity index (χ2n) is 4.24. The molecule has 1 heterocycles. The number of thiophene rings is 1. The van der Waals surface area contributed by atoms with Gasteiger partial charge in [-0.05, 0) is 12.0 Å². The van der Waals surface area contributed by atoms with E-state index in [2.05, 4.69) is 5.32 Å². The fraction of sp³-hybridized carbons (Fsp3) is 0.308. The largest absolute Gasteiger partial charge is 0.396 e. The summed E-state index contributed by atoms with van der Waals surface area (Å²) in [6, 6.07) is 7.67. The molecule has 2 N–H and O–H groups in total. The fourth-order valence-corrected chi connectivity index (χ4v) is 3.01. The Morgan fingerprint density at radius 1 is 1.50 bits per heavy atom. The third kappa shape index (κ3) is 2.66. The van der Waals surface area contributed by atoms with Gasteiger partial charge in [0.25, 0.3) is 5.91 Å². The minimum absolute atomic E-state index is 0.0436. The first kappa shape index (κ1) is 13.3. The summed E-state index contributed by atoms with van der Waals surface area (Å²) in [4.78, 5) is 12.5. The predicted molar refractivity (Wildman–Crippen MR) is 75.4 cm³/mol. The van der Waals surface area contributed by atoms with Gasteiger partial charge in [0.15, 0.2) is 0 Å². The van der Waals surface area contributed by atoms with Gasteiger partial charge >= 0.3 is 0 Å². The first-order valence-electron chi connectivity index (χ1n) is 5.69. The van der Waals surface area contributed by atoms with E-state index >= 15 is 0 Å². The Balaban J connectivity index is 2.20. The smallest absolute Gasteiger partial charge is 0.262 e. The number of aliphatic hydroxyl groups excluding tert-OH is 1. The second-order valence-corrected chi connectivity index (χ2v) is 5.67. The molecule has 5 heteroatoms. The lowest BCUT2D eigenvalue weighted by atomic mass is 10.2. The quantitative estimate of drug-likeness (QED) is 0.906. The van der Waals surface area contributed by atoms with Crippen molar-refractivity contribution in [2.24, 2.45) is 5.92 Å². The maximum atomic E-state index is 12.0. The molecule has 1 aromatic heterocycles. The number of nitrogens with one attached hydrogen (secondary N) is 1. The van der Waals surface area contributed by atoms with Gasteiger partial charge in [-0.2, -0.15) is 0 Å². The van der Waals surface area contributed by atoms with Crippen LogP contribution in [0.1, 0.15) is 16.6 Å². The monoisotopic (exact) mass is 283 g/mol. The lowest BCUT2D eigenvalue weighted by molar-refractivity contribution is 0.0946. The van der Waals surface area contributed by atoms with Crippen LogP contribution >= 0.6 is 22.9 Å². The molecular formula is C13H14ClNO2S. The number of amides is 1. The highest BCUT2D eigenvalue weighted by atomic mass is 35.5. The van der Waals surface area contributed by atoms with Crippen molar-refractivity contribution in [3.05, 3.63) is 34.2 Å². The van der Waals surface area contributed by atoms with Crippen molar-refractivity contribution in [1.29, 1.82) is 0 Å². The van der Waals surface area contributed by atoms with E-state index in [1.54, 1.807) is 0 Å². The molecule has 0 saturated heterocycles. The third-order valence-electron chi connectivity index (χ3n) is 2.66. The van der Waals surface area contributed by atoms with Crippen LogP contribution < -0.4 is 5.32 Å². The molecule has 3 nitrogen and oxygen atoms in total. The minimum atomic E-state index is -0.179. The molecule has 0 bridgehead atoms. The molecule has 2 aromatic rings. The van der Waals surface area contributed by atoms with Crippen LogP contribution in [0.2, 0.25) is 5.02 Å². The Morgan fingerprint density at radius 3 is 2.89 bits per heavy atom. The number of aliphatic hydroxyl groups is 1. The Hall–Kier alpha value is -1.10. The van der Waals surface area contributed by atoms with Crippen LogP contribution in [0, 0.1) is 5.92 Å². The molecule has 1 amide bonds. The van der Waals surface area contributed by atoms with Gasteiger partial charge in [0, 0.05) is 23.2 Å². The molecular weight excluding hydrogens is 270 g/mol. The molecule has 0 radical (unpaired) electrons. The normalized spacial score (nSPS) is 12.6. The zero-order chi connectivity index (χ0) is 13.1. The van der Waals surface area contributed by atoms with Crippen molar-refractivity contribution in [2.75, 3.05) is 13.2 Å². The number of fused-ring (bicyclic) bond motifs is 1. The number of carbonyl (C=O) groups is 1. The maximum absolute atomic E-state index is 12.0. The van der Waals surface area contributed by atoms with Crippen molar-refractivity contribution in [3.63, 3.8) is 0 Å². The van der Waals surface area contributed by atoms with Crippen LogP contribution in [0.15, 0.2) is 24.3 Å². The highest BCUT2D eigenvalue weighted by Crippen LogP contribution is 2.34. The summed E-state index contributed by atoms with van der Waals surface area (Å²) in [5.41, 5.74) is 0. The van der Waals surface area contributed by atoms with Gasteiger partial charge in [-0.15, -0.1) is 11.3 Å². The van der Waals surface area contributed by atoms with E-state index in [0.717, 1.165) is 10.1 Å². The Kier molecular flexibility index (Phi) is 4.22. The summed E-state index contributed by atoms with van der Waals surface area (Å²) in [6.07, 6.45) is 0. The van der Waals surface area contributed by atoms with Crippen molar-refractivity contribution in [1.82, 2.24) is 5.32 Å². The van der Waals surface area contributed by atoms with E-state index in [-0.39, 0.29) is 18.4 Å².